The van der Waals surface area contributed by atoms with Gasteiger partial charge in [0.2, 0.25) is 10.0 Å². The fourth-order valence-corrected chi connectivity index (χ4v) is 4.64. The molecule has 4 nitrogen and oxygen atoms in total. The Morgan fingerprint density at radius 3 is 2.48 bits per heavy atom. The average molecular weight is 335 g/mol. The fraction of sp³-hybridized carbons (Fsp3) is 0.294. The molecule has 1 atom stereocenters. The van der Waals surface area contributed by atoms with E-state index in [1.807, 2.05) is 0 Å². The van der Waals surface area contributed by atoms with Crippen molar-refractivity contribution in [3.05, 3.63) is 59.9 Å². The summed E-state index contributed by atoms with van der Waals surface area (Å²) in [5, 5.41) is 0. The van der Waals surface area contributed by atoms with E-state index < -0.39 is 16.1 Å². The van der Waals surface area contributed by atoms with Gasteiger partial charge in [0.1, 0.15) is 11.6 Å². The Kier molecular flexibility index (Phi) is 4.37. The minimum Gasteiger partial charge on any atom is -0.497 e. The van der Waals surface area contributed by atoms with Gasteiger partial charge in [-0.1, -0.05) is 18.2 Å². The van der Waals surface area contributed by atoms with Crippen LogP contribution in [-0.2, 0) is 10.0 Å². The Morgan fingerprint density at radius 1 is 1.13 bits per heavy atom. The van der Waals surface area contributed by atoms with Gasteiger partial charge in [-0.05, 0) is 43.2 Å². The largest absolute Gasteiger partial charge is 0.497 e. The number of hydrogen-bond donors (Lipinski definition) is 0. The predicted molar refractivity (Wildman–Crippen MR) is 85.3 cm³/mol. The van der Waals surface area contributed by atoms with Gasteiger partial charge in [0, 0.05) is 12.1 Å². The van der Waals surface area contributed by atoms with Gasteiger partial charge in [0.05, 0.1) is 18.0 Å². The maximum Gasteiger partial charge on any atom is 0.243 e. The summed E-state index contributed by atoms with van der Waals surface area (Å²) in [5.74, 6) is 0.227. The summed E-state index contributed by atoms with van der Waals surface area (Å²) in [4.78, 5) is 0.196. The number of rotatable bonds is 4. The molecule has 0 bridgehead atoms. The molecule has 0 N–H and O–H groups in total. The summed E-state index contributed by atoms with van der Waals surface area (Å²) in [7, 11) is -2.14. The van der Waals surface area contributed by atoms with Crippen LogP contribution in [0.4, 0.5) is 4.39 Å². The second-order valence-electron chi connectivity index (χ2n) is 5.47. The lowest BCUT2D eigenvalue weighted by atomic mass is 10.1. The normalized spacial score (nSPS) is 19.0. The first kappa shape index (κ1) is 16.0. The summed E-state index contributed by atoms with van der Waals surface area (Å²) < 4.78 is 46.3. The summed E-state index contributed by atoms with van der Waals surface area (Å²) >= 11 is 0. The smallest absolute Gasteiger partial charge is 0.243 e. The molecule has 0 aliphatic carbocycles. The molecule has 3 rings (SSSR count). The second kappa shape index (κ2) is 6.29. The summed E-state index contributed by atoms with van der Waals surface area (Å²) in [6, 6.07) is 12.2. The van der Waals surface area contributed by atoms with E-state index in [9.17, 15) is 12.8 Å². The van der Waals surface area contributed by atoms with E-state index in [0.29, 0.717) is 30.7 Å². The fourth-order valence-electron chi connectivity index (χ4n) is 2.97. The van der Waals surface area contributed by atoms with Crippen molar-refractivity contribution in [2.75, 3.05) is 13.7 Å². The third kappa shape index (κ3) is 2.96. The number of ether oxygens (including phenoxy) is 1. The molecule has 2 aromatic rings. The van der Waals surface area contributed by atoms with Gasteiger partial charge in [-0.15, -0.1) is 0 Å². The highest BCUT2D eigenvalue weighted by Crippen LogP contribution is 2.37. The maximum atomic E-state index is 14.1. The Morgan fingerprint density at radius 2 is 1.83 bits per heavy atom. The molecule has 0 aromatic heterocycles. The Bertz CT molecular complexity index is 790. The van der Waals surface area contributed by atoms with E-state index in [1.54, 1.807) is 30.3 Å². The van der Waals surface area contributed by atoms with Crippen LogP contribution >= 0.6 is 0 Å². The van der Waals surface area contributed by atoms with E-state index in [1.165, 1.54) is 29.6 Å². The van der Waals surface area contributed by atoms with Gasteiger partial charge in [-0.2, -0.15) is 4.31 Å². The molecular weight excluding hydrogens is 317 g/mol. The molecule has 0 spiro atoms. The molecule has 0 unspecified atom stereocenters. The van der Waals surface area contributed by atoms with Gasteiger partial charge >= 0.3 is 0 Å². The first-order valence-electron chi connectivity index (χ1n) is 7.44. The molecule has 0 amide bonds. The average Bonchev–Trinajstić information content (AvgIpc) is 3.05. The lowest BCUT2D eigenvalue weighted by Gasteiger charge is -2.24. The quantitative estimate of drug-likeness (QED) is 0.861. The number of benzene rings is 2. The second-order valence-corrected chi connectivity index (χ2v) is 7.36. The standard InChI is InChI=1S/C17H18FNO3S/c1-22-13-8-10-14(11-9-13)23(20,21)19-12-4-7-17(19)15-5-2-3-6-16(15)18/h2-3,5-6,8-11,17H,4,7,12H2,1H3/t17-/m0/s1. The Hall–Kier alpha value is -1.92. The van der Waals surface area contributed by atoms with Gasteiger partial charge in [0.25, 0.3) is 0 Å². The third-order valence-electron chi connectivity index (χ3n) is 4.13. The number of nitrogens with zero attached hydrogens (tertiary/aromatic N) is 1. The molecule has 0 saturated carbocycles. The molecular formula is C17H18FNO3S. The van der Waals surface area contributed by atoms with Crippen LogP contribution in [0.1, 0.15) is 24.4 Å². The highest BCUT2D eigenvalue weighted by molar-refractivity contribution is 7.89. The zero-order valence-electron chi connectivity index (χ0n) is 12.8. The number of hydrogen-bond acceptors (Lipinski definition) is 3. The van der Waals surface area contributed by atoms with Crippen LogP contribution in [0.3, 0.4) is 0 Å². The van der Waals surface area contributed by atoms with Crippen molar-refractivity contribution in [1.29, 1.82) is 0 Å². The molecule has 23 heavy (non-hydrogen) atoms. The van der Waals surface area contributed by atoms with E-state index >= 15 is 0 Å². The lowest BCUT2D eigenvalue weighted by Crippen LogP contribution is -2.31. The Balaban J connectivity index is 1.96. The zero-order chi connectivity index (χ0) is 16.4. The highest BCUT2D eigenvalue weighted by atomic mass is 32.2. The van der Waals surface area contributed by atoms with Crippen molar-refractivity contribution in [2.24, 2.45) is 0 Å². The van der Waals surface area contributed by atoms with Crippen LogP contribution in [0.5, 0.6) is 5.75 Å². The van der Waals surface area contributed by atoms with Crippen molar-refractivity contribution in [1.82, 2.24) is 4.31 Å². The summed E-state index contributed by atoms with van der Waals surface area (Å²) in [6.07, 6.45) is 1.34. The van der Waals surface area contributed by atoms with Crippen LogP contribution in [0.15, 0.2) is 53.4 Å². The molecule has 1 aliphatic rings. The molecule has 1 aliphatic heterocycles. The Labute approximate surface area is 135 Å². The van der Waals surface area contributed by atoms with Crippen LogP contribution < -0.4 is 4.74 Å². The monoisotopic (exact) mass is 335 g/mol. The molecule has 6 heteroatoms. The van der Waals surface area contributed by atoms with Crippen molar-refractivity contribution >= 4 is 10.0 Å². The third-order valence-corrected chi connectivity index (χ3v) is 6.06. The van der Waals surface area contributed by atoms with Gasteiger partial charge in [-0.25, -0.2) is 12.8 Å². The van der Waals surface area contributed by atoms with Gasteiger partial charge < -0.3 is 4.74 Å². The molecule has 0 radical (unpaired) electrons. The predicted octanol–water partition coefficient (Wildman–Crippen LogP) is 3.36. The van der Waals surface area contributed by atoms with E-state index in [0.717, 1.165) is 0 Å². The first-order valence-corrected chi connectivity index (χ1v) is 8.88. The zero-order valence-corrected chi connectivity index (χ0v) is 13.6. The van der Waals surface area contributed by atoms with Crippen LogP contribution in [0, 0.1) is 5.82 Å². The number of halogens is 1. The lowest BCUT2D eigenvalue weighted by molar-refractivity contribution is 0.386. The highest BCUT2D eigenvalue weighted by Gasteiger charge is 2.37. The minimum atomic E-state index is -3.67. The van der Waals surface area contributed by atoms with Crippen molar-refractivity contribution < 1.29 is 17.5 Å². The van der Waals surface area contributed by atoms with E-state index in [-0.39, 0.29) is 10.7 Å². The summed E-state index contributed by atoms with van der Waals surface area (Å²) in [6.45, 7) is 0.396. The van der Waals surface area contributed by atoms with Crippen molar-refractivity contribution in [3.63, 3.8) is 0 Å². The maximum absolute atomic E-state index is 14.1. The molecule has 1 saturated heterocycles. The SMILES string of the molecule is COc1ccc(S(=O)(=O)N2CCC[C@H]2c2ccccc2F)cc1. The van der Waals surface area contributed by atoms with Crippen LogP contribution in [0.25, 0.3) is 0 Å². The molecule has 2 aromatic carbocycles. The molecule has 122 valence electrons. The first-order chi connectivity index (χ1) is 11.0. The van der Waals surface area contributed by atoms with Crippen LogP contribution in [-0.4, -0.2) is 26.4 Å². The van der Waals surface area contributed by atoms with Crippen molar-refractivity contribution in [2.45, 2.75) is 23.8 Å². The van der Waals surface area contributed by atoms with Gasteiger partial charge in [-0.3, -0.25) is 0 Å². The van der Waals surface area contributed by atoms with E-state index in [2.05, 4.69) is 0 Å². The van der Waals surface area contributed by atoms with Crippen molar-refractivity contribution in [3.8, 4) is 5.75 Å². The minimum absolute atomic E-state index is 0.196. The molecule has 1 fully saturated rings. The summed E-state index contributed by atoms with van der Waals surface area (Å²) in [5.41, 5.74) is 0.432. The number of sulfonamides is 1. The van der Waals surface area contributed by atoms with Crippen LogP contribution in [0.2, 0.25) is 0 Å². The number of methoxy groups -OCH3 is 1. The topological polar surface area (TPSA) is 46.6 Å². The van der Waals surface area contributed by atoms with E-state index in [4.69, 9.17) is 4.74 Å². The van der Waals surface area contributed by atoms with Gasteiger partial charge in [0.15, 0.2) is 0 Å². The molecule has 1 heterocycles.